The van der Waals surface area contributed by atoms with Crippen molar-refractivity contribution in [2.45, 2.75) is 19.5 Å². The van der Waals surface area contributed by atoms with Crippen LogP contribution in [0.4, 0.5) is 4.39 Å². The summed E-state index contributed by atoms with van der Waals surface area (Å²) < 4.78 is 18.7. The van der Waals surface area contributed by atoms with E-state index in [-0.39, 0.29) is 17.6 Å². The molecular formula is C20H20FNO. The second-order valence-corrected chi connectivity index (χ2v) is 5.68. The van der Waals surface area contributed by atoms with Crippen molar-refractivity contribution in [2.24, 2.45) is 0 Å². The van der Waals surface area contributed by atoms with Crippen molar-refractivity contribution < 1.29 is 9.13 Å². The van der Waals surface area contributed by atoms with Gasteiger partial charge in [-0.05, 0) is 47.0 Å². The maximum absolute atomic E-state index is 13.7. The van der Waals surface area contributed by atoms with Gasteiger partial charge in [0.1, 0.15) is 0 Å². The molecule has 3 aromatic carbocycles. The summed E-state index contributed by atoms with van der Waals surface area (Å²) in [6, 6.07) is 20.0. The van der Waals surface area contributed by atoms with Crippen LogP contribution in [0, 0.1) is 5.82 Å². The quantitative estimate of drug-likeness (QED) is 0.728. The standard InChI is InChI=1S/C20H20FNO/c1-14(17-9-8-16-5-3-4-6-18(16)12-17)22-13-15-7-10-20(23-2)19(21)11-15/h3-12,14,22H,13H2,1-2H3. The van der Waals surface area contributed by atoms with Gasteiger partial charge in [0, 0.05) is 12.6 Å². The van der Waals surface area contributed by atoms with Gasteiger partial charge in [0.2, 0.25) is 0 Å². The molecule has 0 aliphatic heterocycles. The van der Waals surface area contributed by atoms with E-state index >= 15 is 0 Å². The summed E-state index contributed by atoms with van der Waals surface area (Å²) in [5.74, 6) is -0.0542. The molecule has 3 heteroatoms. The average Bonchev–Trinajstić information content (AvgIpc) is 2.59. The summed E-state index contributed by atoms with van der Waals surface area (Å²) in [5.41, 5.74) is 2.12. The highest BCUT2D eigenvalue weighted by Crippen LogP contribution is 2.21. The van der Waals surface area contributed by atoms with Crippen molar-refractivity contribution in [3.05, 3.63) is 77.6 Å². The van der Waals surface area contributed by atoms with E-state index in [1.165, 1.54) is 29.5 Å². The molecule has 1 unspecified atom stereocenters. The minimum absolute atomic E-state index is 0.185. The maximum atomic E-state index is 13.7. The number of benzene rings is 3. The molecule has 3 rings (SSSR count). The summed E-state index contributed by atoms with van der Waals surface area (Å²) >= 11 is 0. The van der Waals surface area contributed by atoms with Crippen LogP contribution in [0.25, 0.3) is 10.8 Å². The number of fused-ring (bicyclic) bond motifs is 1. The van der Waals surface area contributed by atoms with Crippen molar-refractivity contribution in [1.29, 1.82) is 0 Å². The Balaban J connectivity index is 1.70. The zero-order valence-corrected chi connectivity index (χ0v) is 13.3. The zero-order chi connectivity index (χ0) is 16.2. The molecule has 0 aliphatic rings. The van der Waals surface area contributed by atoms with Crippen LogP contribution in [0.3, 0.4) is 0 Å². The molecule has 0 radical (unpaired) electrons. The second-order valence-electron chi connectivity index (χ2n) is 5.68. The van der Waals surface area contributed by atoms with Gasteiger partial charge in [-0.1, -0.05) is 42.5 Å². The van der Waals surface area contributed by atoms with E-state index in [9.17, 15) is 4.39 Å². The van der Waals surface area contributed by atoms with E-state index < -0.39 is 0 Å². The lowest BCUT2D eigenvalue weighted by Gasteiger charge is -2.15. The van der Waals surface area contributed by atoms with Crippen LogP contribution in [-0.4, -0.2) is 7.11 Å². The Morgan fingerprint density at radius 3 is 2.52 bits per heavy atom. The van der Waals surface area contributed by atoms with Crippen LogP contribution in [0.5, 0.6) is 5.75 Å². The van der Waals surface area contributed by atoms with Gasteiger partial charge in [-0.2, -0.15) is 0 Å². The fourth-order valence-corrected chi connectivity index (χ4v) is 2.69. The van der Waals surface area contributed by atoms with Gasteiger partial charge in [0.25, 0.3) is 0 Å². The molecule has 0 amide bonds. The maximum Gasteiger partial charge on any atom is 0.165 e. The van der Waals surface area contributed by atoms with Crippen molar-refractivity contribution in [2.75, 3.05) is 7.11 Å². The molecule has 3 aromatic rings. The van der Waals surface area contributed by atoms with Crippen LogP contribution < -0.4 is 10.1 Å². The van der Waals surface area contributed by atoms with Gasteiger partial charge in [0.15, 0.2) is 11.6 Å². The fourth-order valence-electron chi connectivity index (χ4n) is 2.69. The lowest BCUT2D eigenvalue weighted by atomic mass is 10.0. The highest BCUT2D eigenvalue weighted by Gasteiger charge is 2.08. The first-order valence-electron chi connectivity index (χ1n) is 7.72. The number of hydrogen-bond donors (Lipinski definition) is 1. The third-order valence-electron chi connectivity index (χ3n) is 4.10. The van der Waals surface area contributed by atoms with Crippen LogP contribution in [0.1, 0.15) is 24.1 Å². The topological polar surface area (TPSA) is 21.3 Å². The Hall–Kier alpha value is -2.39. The van der Waals surface area contributed by atoms with Gasteiger partial charge in [-0.15, -0.1) is 0 Å². The van der Waals surface area contributed by atoms with Gasteiger partial charge < -0.3 is 10.1 Å². The van der Waals surface area contributed by atoms with Crippen LogP contribution in [0.15, 0.2) is 60.7 Å². The van der Waals surface area contributed by atoms with Gasteiger partial charge in [-0.25, -0.2) is 4.39 Å². The summed E-state index contributed by atoms with van der Waals surface area (Å²) in [5, 5.41) is 5.90. The largest absolute Gasteiger partial charge is 0.494 e. The molecule has 0 saturated heterocycles. The SMILES string of the molecule is COc1ccc(CNC(C)c2ccc3ccccc3c2)cc1F. The summed E-state index contributed by atoms with van der Waals surface area (Å²) in [7, 11) is 1.47. The van der Waals surface area contributed by atoms with E-state index in [1.807, 2.05) is 18.2 Å². The minimum Gasteiger partial charge on any atom is -0.494 e. The molecule has 0 bridgehead atoms. The highest BCUT2D eigenvalue weighted by atomic mass is 19.1. The lowest BCUT2D eigenvalue weighted by Crippen LogP contribution is -2.18. The Labute approximate surface area is 135 Å². The molecule has 0 spiro atoms. The minimum atomic E-state index is -0.329. The van der Waals surface area contributed by atoms with Gasteiger partial charge in [0.05, 0.1) is 7.11 Å². The molecule has 118 valence electrons. The number of hydrogen-bond acceptors (Lipinski definition) is 2. The summed E-state index contributed by atoms with van der Waals surface area (Å²) in [6.07, 6.45) is 0. The van der Waals surface area contributed by atoms with Crippen LogP contribution in [-0.2, 0) is 6.54 Å². The van der Waals surface area contributed by atoms with E-state index in [4.69, 9.17) is 4.74 Å². The third-order valence-corrected chi connectivity index (χ3v) is 4.10. The monoisotopic (exact) mass is 309 g/mol. The molecule has 1 atom stereocenters. The Morgan fingerprint density at radius 1 is 1.00 bits per heavy atom. The summed E-state index contributed by atoms with van der Waals surface area (Å²) in [6.45, 7) is 2.72. The predicted molar refractivity (Wildman–Crippen MR) is 92.2 cm³/mol. The number of halogens is 1. The molecule has 23 heavy (non-hydrogen) atoms. The predicted octanol–water partition coefficient (Wildman–Crippen LogP) is 4.84. The lowest BCUT2D eigenvalue weighted by molar-refractivity contribution is 0.386. The normalized spacial score (nSPS) is 12.3. The highest BCUT2D eigenvalue weighted by molar-refractivity contribution is 5.83. The first kappa shape index (κ1) is 15.5. The summed E-state index contributed by atoms with van der Waals surface area (Å²) in [4.78, 5) is 0. The number of ether oxygens (including phenoxy) is 1. The Kier molecular flexibility index (Phi) is 4.58. The van der Waals surface area contributed by atoms with Crippen molar-refractivity contribution in [3.63, 3.8) is 0 Å². The molecular weight excluding hydrogens is 289 g/mol. The van der Waals surface area contributed by atoms with E-state index in [0.717, 1.165) is 5.56 Å². The first-order valence-corrected chi connectivity index (χ1v) is 7.72. The van der Waals surface area contributed by atoms with Crippen molar-refractivity contribution in [3.8, 4) is 5.75 Å². The zero-order valence-electron chi connectivity index (χ0n) is 13.3. The Bertz CT molecular complexity index is 816. The second kappa shape index (κ2) is 6.80. The van der Waals surface area contributed by atoms with Crippen molar-refractivity contribution in [1.82, 2.24) is 5.32 Å². The average molecular weight is 309 g/mol. The van der Waals surface area contributed by atoms with E-state index in [1.54, 1.807) is 6.07 Å². The van der Waals surface area contributed by atoms with E-state index in [2.05, 4.69) is 42.6 Å². The molecule has 0 aromatic heterocycles. The first-order chi connectivity index (χ1) is 11.2. The Morgan fingerprint density at radius 2 is 1.78 bits per heavy atom. The number of rotatable bonds is 5. The van der Waals surface area contributed by atoms with Crippen LogP contribution in [0.2, 0.25) is 0 Å². The van der Waals surface area contributed by atoms with Gasteiger partial charge >= 0.3 is 0 Å². The molecule has 0 heterocycles. The van der Waals surface area contributed by atoms with Crippen LogP contribution >= 0.6 is 0 Å². The molecule has 1 N–H and O–H groups in total. The van der Waals surface area contributed by atoms with Crippen molar-refractivity contribution >= 4 is 10.8 Å². The molecule has 2 nitrogen and oxygen atoms in total. The van der Waals surface area contributed by atoms with Gasteiger partial charge in [-0.3, -0.25) is 0 Å². The fraction of sp³-hybridized carbons (Fsp3) is 0.200. The molecule has 0 saturated carbocycles. The third kappa shape index (κ3) is 3.51. The number of nitrogens with one attached hydrogen (secondary N) is 1. The smallest absolute Gasteiger partial charge is 0.165 e. The van der Waals surface area contributed by atoms with E-state index in [0.29, 0.717) is 6.54 Å². The number of methoxy groups -OCH3 is 1. The molecule has 0 aliphatic carbocycles. The molecule has 0 fully saturated rings.